The topological polar surface area (TPSA) is 115 Å². The Kier molecular flexibility index (Phi) is 6.43. The van der Waals surface area contributed by atoms with Crippen LogP contribution in [0.15, 0.2) is 17.0 Å². The van der Waals surface area contributed by atoms with Gasteiger partial charge in [0.15, 0.2) is 0 Å². The zero-order valence-electron chi connectivity index (χ0n) is 12.0. The third-order valence-electron chi connectivity index (χ3n) is 2.88. The highest BCUT2D eigenvalue weighted by molar-refractivity contribution is 7.98. The number of hydrogen-bond donors (Lipinski definition) is 2. The van der Waals surface area contributed by atoms with Gasteiger partial charge >= 0.3 is 0 Å². The third-order valence-corrected chi connectivity index (χ3v) is 5.18. The van der Waals surface area contributed by atoms with Crippen LogP contribution < -0.4 is 10.5 Å². The summed E-state index contributed by atoms with van der Waals surface area (Å²) in [6.07, 6.45) is 3.61. The Morgan fingerprint density at radius 2 is 2.05 bits per heavy atom. The molecule has 0 bridgehead atoms. The van der Waals surface area contributed by atoms with Gasteiger partial charge in [-0.15, -0.1) is 0 Å². The Morgan fingerprint density at radius 1 is 1.38 bits per heavy atom. The van der Waals surface area contributed by atoms with E-state index in [1.165, 1.54) is 6.07 Å². The first-order valence-corrected chi connectivity index (χ1v) is 9.20. The van der Waals surface area contributed by atoms with Gasteiger partial charge in [0.25, 0.3) is 5.69 Å². The van der Waals surface area contributed by atoms with Crippen LogP contribution >= 0.6 is 11.8 Å². The van der Waals surface area contributed by atoms with Crippen LogP contribution in [0, 0.1) is 17.0 Å². The van der Waals surface area contributed by atoms with Gasteiger partial charge in [-0.05, 0) is 43.4 Å². The molecule has 1 rings (SSSR count). The summed E-state index contributed by atoms with van der Waals surface area (Å²) >= 11 is 1.70. The van der Waals surface area contributed by atoms with Gasteiger partial charge in [0, 0.05) is 12.6 Å². The molecule has 0 unspecified atom stereocenters. The lowest BCUT2D eigenvalue weighted by molar-refractivity contribution is -0.384. The maximum Gasteiger partial charge on any atom is 0.293 e. The molecule has 9 heteroatoms. The number of nitrogens with two attached hydrogens (primary N) is 1. The van der Waals surface area contributed by atoms with E-state index >= 15 is 0 Å². The Labute approximate surface area is 128 Å². The highest BCUT2D eigenvalue weighted by Crippen LogP contribution is 2.28. The van der Waals surface area contributed by atoms with Crippen molar-refractivity contribution in [1.29, 1.82) is 0 Å². The Hall–Kier alpha value is -1.32. The van der Waals surface area contributed by atoms with Gasteiger partial charge in [-0.1, -0.05) is 0 Å². The largest absolute Gasteiger partial charge is 0.393 e. The number of nitrogen functional groups attached to an aromatic ring is 1. The minimum Gasteiger partial charge on any atom is -0.393 e. The standard InChI is InChI=1S/C12H19N3O4S2/c1-9-7-10(13)11(15(16)17)8-12(9)21(18,19)14-5-3-4-6-20-2/h7-8,14H,3-6,13H2,1-2H3. The molecule has 3 N–H and O–H groups in total. The van der Waals surface area contributed by atoms with Crippen molar-refractivity contribution < 1.29 is 13.3 Å². The predicted octanol–water partition coefficient (Wildman–Crippen LogP) is 1.91. The molecule has 0 aliphatic heterocycles. The van der Waals surface area contributed by atoms with Crippen LogP contribution in [-0.2, 0) is 10.0 Å². The second-order valence-corrected chi connectivity index (χ2v) is 7.25. The van der Waals surface area contributed by atoms with E-state index in [0.717, 1.165) is 24.7 Å². The van der Waals surface area contributed by atoms with E-state index < -0.39 is 20.6 Å². The Bertz CT molecular complexity index is 617. The van der Waals surface area contributed by atoms with Crippen molar-refractivity contribution in [2.24, 2.45) is 0 Å². The molecular formula is C12H19N3O4S2. The van der Waals surface area contributed by atoms with Gasteiger partial charge in [-0.3, -0.25) is 10.1 Å². The normalized spacial score (nSPS) is 11.5. The molecule has 0 radical (unpaired) electrons. The van der Waals surface area contributed by atoms with E-state index in [9.17, 15) is 18.5 Å². The van der Waals surface area contributed by atoms with E-state index in [2.05, 4.69) is 4.72 Å². The maximum absolute atomic E-state index is 12.2. The molecule has 118 valence electrons. The van der Waals surface area contributed by atoms with Crippen molar-refractivity contribution in [1.82, 2.24) is 4.72 Å². The fourth-order valence-corrected chi connectivity index (χ4v) is 3.61. The minimum atomic E-state index is -3.77. The molecule has 0 heterocycles. The lowest BCUT2D eigenvalue weighted by Crippen LogP contribution is -2.25. The molecule has 0 amide bonds. The molecular weight excluding hydrogens is 314 g/mol. The molecule has 0 saturated carbocycles. The monoisotopic (exact) mass is 333 g/mol. The predicted molar refractivity (Wildman–Crippen MR) is 85.1 cm³/mol. The molecule has 7 nitrogen and oxygen atoms in total. The van der Waals surface area contributed by atoms with Crippen molar-refractivity contribution >= 4 is 33.2 Å². The molecule has 0 aliphatic carbocycles. The number of rotatable bonds is 8. The van der Waals surface area contributed by atoms with Crippen molar-refractivity contribution in [2.75, 3.05) is 24.3 Å². The van der Waals surface area contributed by atoms with Gasteiger partial charge in [-0.25, -0.2) is 13.1 Å². The first-order valence-electron chi connectivity index (χ1n) is 6.32. The molecule has 21 heavy (non-hydrogen) atoms. The SMILES string of the molecule is CSCCCCNS(=O)(=O)c1cc([N+](=O)[O-])c(N)cc1C. The van der Waals surface area contributed by atoms with Gasteiger partial charge in [-0.2, -0.15) is 11.8 Å². The highest BCUT2D eigenvalue weighted by atomic mass is 32.2. The van der Waals surface area contributed by atoms with Crippen LogP contribution in [0.3, 0.4) is 0 Å². The third kappa shape index (κ3) is 4.87. The number of unbranched alkanes of at least 4 members (excludes halogenated alkanes) is 1. The number of nitro groups is 1. The smallest absolute Gasteiger partial charge is 0.293 e. The van der Waals surface area contributed by atoms with Crippen LogP contribution in [0.5, 0.6) is 0 Å². The zero-order chi connectivity index (χ0) is 16.0. The average Bonchev–Trinajstić information content (AvgIpc) is 2.37. The number of aryl methyl sites for hydroxylation is 1. The van der Waals surface area contributed by atoms with Crippen molar-refractivity contribution in [3.63, 3.8) is 0 Å². The summed E-state index contributed by atoms with van der Waals surface area (Å²) in [6.45, 7) is 1.86. The van der Waals surface area contributed by atoms with Gasteiger partial charge in [0.05, 0.1) is 9.82 Å². The van der Waals surface area contributed by atoms with E-state index in [0.29, 0.717) is 12.1 Å². The summed E-state index contributed by atoms with van der Waals surface area (Å²) in [5.41, 5.74) is 5.47. The van der Waals surface area contributed by atoms with Crippen LogP contribution in [0.2, 0.25) is 0 Å². The number of nitro benzene ring substituents is 1. The van der Waals surface area contributed by atoms with Crippen molar-refractivity contribution in [3.8, 4) is 0 Å². The second-order valence-electron chi connectivity index (χ2n) is 4.53. The van der Waals surface area contributed by atoms with E-state index in [-0.39, 0.29) is 10.6 Å². The number of anilines is 1. The molecule has 0 spiro atoms. The van der Waals surface area contributed by atoms with Crippen LogP contribution in [0.4, 0.5) is 11.4 Å². The molecule has 0 atom stereocenters. The number of benzene rings is 1. The quantitative estimate of drug-likeness (QED) is 0.325. The van der Waals surface area contributed by atoms with E-state index in [1.807, 2.05) is 6.26 Å². The first kappa shape index (κ1) is 17.7. The summed E-state index contributed by atoms with van der Waals surface area (Å²) in [7, 11) is -3.77. The summed E-state index contributed by atoms with van der Waals surface area (Å²) in [6, 6.07) is 2.31. The van der Waals surface area contributed by atoms with Crippen molar-refractivity contribution in [3.05, 3.63) is 27.8 Å². The summed E-state index contributed by atoms with van der Waals surface area (Å²) < 4.78 is 26.8. The fourth-order valence-electron chi connectivity index (χ4n) is 1.80. The second kappa shape index (κ2) is 7.62. The number of thioether (sulfide) groups is 1. The molecule has 0 aliphatic rings. The van der Waals surface area contributed by atoms with Crippen LogP contribution in [-0.4, -0.2) is 31.9 Å². The number of hydrogen-bond acceptors (Lipinski definition) is 6. The maximum atomic E-state index is 12.2. The Balaban J connectivity index is 2.92. The molecule has 0 aromatic heterocycles. The fraction of sp³-hybridized carbons (Fsp3) is 0.500. The molecule has 1 aromatic carbocycles. The Morgan fingerprint density at radius 3 is 2.62 bits per heavy atom. The lowest BCUT2D eigenvalue weighted by Gasteiger charge is -2.10. The van der Waals surface area contributed by atoms with E-state index in [1.54, 1.807) is 18.7 Å². The lowest BCUT2D eigenvalue weighted by atomic mass is 10.2. The number of nitrogens with one attached hydrogen (secondary N) is 1. The molecule has 1 aromatic rings. The zero-order valence-corrected chi connectivity index (χ0v) is 13.6. The van der Waals surface area contributed by atoms with Gasteiger partial charge in [0.2, 0.25) is 10.0 Å². The summed E-state index contributed by atoms with van der Waals surface area (Å²) in [5.74, 6) is 0.966. The van der Waals surface area contributed by atoms with Crippen LogP contribution in [0.25, 0.3) is 0 Å². The summed E-state index contributed by atoms with van der Waals surface area (Å²) in [5, 5.41) is 10.9. The van der Waals surface area contributed by atoms with Gasteiger partial charge < -0.3 is 5.73 Å². The van der Waals surface area contributed by atoms with E-state index in [4.69, 9.17) is 5.73 Å². The molecule has 0 saturated heterocycles. The average molecular weight is 333 g/mol. The number of sulfonamides is 1. The van der Waals surface area contributed by atoms with Crippen molar-refractivity contribution in [2.45, 2.75) is 24.7 Å². The van der Waals surface area contributed by atoms with Gasteiger partial charge in [0.1, 0.15) is 5.69 Å². The minimum absolute atomic E-state index is 0.0450. The summed E-state index contributed by atoms with van der Waals surface area (Å²) in [4.78, 5) is 10.1. The van der Waals surface area contributed by atoms with Crippen LogP contribution in [0.1, 0.15) is 18.4 Å². The first-order chi connectivity index (χ1) is 9.79. The highest BCUT2D eigenvalue weighted by Gasteiger charge is 2.22. The molecule has 0 fully saturated rings. The number of nitrogens with zero attached hydrogens (tertiary/aromatic N) is 1.